The number of alkyl halides is 1. The molecule has 0 atom stereocenters. The van der Waals surface area contributed by atoms with E-state index >= 15 is 0 Å². The molecule has 0 fully saturated rings. The molecule has 0 amide bonds. The van der Waals surface area contributed by atoms with Crippen LogP contribution in [0, 0.1) is 6.92 Å². The van der Waals surface area contributed by atoms with E-state index in [4.69, 9.17) is 11.6 Å². The van der Waals surface area contributed by atoms with Gasteiger partial charge in [0.2, 0.25) is 0 Å². The number of hydrogen-bond donors (Lipinski definition) is 0. The molecule has 0 bridgehead atoms. The highest BCUT2D eigenvalue weighted by Gasteiger charge is 2.06. The van der Waals surface area contributed by atoms with Gasteiger partial charge < -0.3 is 0 Å². The lowest BCUT2D eigenvalue weighted by molar-refractivity contribution is 0.930. The molecule has 5 heteroatoms. The largest absolute Gasteiger partial charge is 0.283 e. The molecular weight excluding hydrogens is 200 g/mol. The Labute approximate surface area is 86.6 Å². The maximum atomic E-state index is 5.73. The Morgan fingerprint density at radius 2 is 2.36 bits per heavy atom. The summed E-state index contributed by atoms with van der Waals surface area (Å²) in [5.41, 5.74) is 1.90. The topological polar surface area (TPSA) is 43.6 Å². The molecule has 2 aromatic heterocycles. The molecule has 0 saturated carbocycles. The smallest absolute Gasteiger partial charge is 0.152 e. The first-order valence-corrected chi connectivity index (χ1v) is 4.73. The van der Waals surface area contributed by atoms with Crippen molar-refractivity contribution >= 4 is 11.6 Å². The van der Waals surface area contributed by atoms with Gasteiger partial charge in [-0.15, -0.1) is 21.8 Å². The van der Waals surface area contributed by atoms with Gasteiger partial charge in [0.15, 0.2) is 5.82 Å². The third-order valence-electron chi connectivity index (χ3n) is 1.98. The number of halogens is 1. The van der Waals surface area contributed by atoms with Gasteiger partial charge in [0.05, 0.1) is 17.3 Å². The monoisotopic (exact) mass is 208 g/mol. The molecule has 2 aromatic rings. The number of nitrogens with zero attached hydrogens (tertiary/aromatic N) is 4. The van der Waals surface area contributed by atoms with Crippen molar-refractivity contribution in [1.29, 1.82) is 0 Å². The van der Waals surface area contributed by atoms with Crippen molar-refractivity contribution in [1.82, 2.24) is 19.7 Å². The lowest BCUT2D eigenvalue weighted by atomic mass is 10.3. The minimum Gasteiger partial charge on any atom is -0.283 e. The average Bonchev–Trinajstić information content (AvgIpc) is 2.66. The van der Waals surface area contributed by atoms with Gasteiger partial charge in [-0.25, -0.2) is 0 Å². The number of aromatic nitrogens is 4. The third kappa shape index (κ3) is 1.48. The van der Waals surface area contributed by atoms with Gasteiger partial charge in [0, 0.05) is 6.20 Å². The molecule has 0 aliphatic carbocycles. The molecule has 0 aromatic carbocycles. The van der Waals surface area contributed by atoms with Crippen molar-refractivity contribution < 1.29 is 0 Å². The fourth-order valence-electron chi connectivity index (χ4n) is 1.28. The quantitative estimate of drug-likeness (QED) is 0.706. The molecule has 14 heavy (non-hydrogen) atoms. The Kier molecular flexibility index (Phi) is 2.45. The third-order valence-corrected chi connectivity index (χ3v) is 2.22. The van der Waals surface area contributed by atoms with E-state index in [-0.39, 0.29) is 0 Å². The first-order valence-electron chi connectivity index (χ1n) is 4.20. The van der Waals surface area contributed by atoms with Crippen molar-refractivity contribution in [3.63, 3.8) is 0 Å². The Morgan fingerprint density at radius 3 is 3.07 bits per heavy atom. The van der Waals surface area contributed by atoms with Crippen molar-refractivity contribution in [3.8, 4) is 5.69 Å². The van der Waals surface area contributed by atoms with E-state index < -0.39 is 0 Å². The Balaban J connectivity index is 2.54. The van der Waals surface area contributed by atoms with E-state index in [2.05, 4.69) is 15.2 Å². The second kappa shape index (κ2) is 3.75. The molecule has 0 saturated heterocycles. The van der Waals surface area contributed by atoms with E-state index in [1.165, 1.54) is 0 Å². The lowest BCUT2D eigenvalue weighted by Gasteiger charge is -2.06. The predicted octanol–water partition coefficient (Wildman–Crippen LogP) is 1.71. The maximum absolute atomic E-state index is 5.73. The standard InChI is InChI=1S/C9H9ClN4/c1-7-8(3-2-4-11-7)14-6-12-13-9(14)5-10/h2-4,6H,5H2,1H3. The van der Waals surface area contributed by atoms with Gasteiger partial charge in [-0.3, -0.25) is 9.55 Å². The van der Waals surface area contributed by atoms with E-state index in [1.54, 1.807) is 12.5 Å². The summed E-state index contributed by atoms with van der Waals surface area (Å²) in [5, 5.41) is 7.72. The summed E-state index contributed by atoms with van der Waals surface area (Å²) >= 11 is 5.73. The van der Waals surface area contributed by atoms with Crippen molar-refractivity contribution in [2.24, 2.45) is 0 Å². The van der Waals surface area contributed by atoms with Crippen LogP contribution in [0.4, 0.5) is 0 Å². The summed E-state index contributed by atoms with van der Waals surface area (Å²) in [6.07, 6.45) is 3.39. The highest BCUT2D eigenvalue weighted by molar-refractivity contribution is 6.16. The predicted molar refractivity (Wildman–Crippen MR) is 53.4 cm³/mol. The zero-order valence-electron chi connectivity index (χ0n) is 7.68. The van der Waals surface area contributed by atoms with E-state index in [0.717, 1.165) is 17.2 Å². The molecule has 0 aliphatic rings. The van der Waals surface area contributed by atoms with Gasteiger partial charge >= 0.3 is 0 Å². The van der Waals surface area contributed by atoms with Crippen LogP contribution in [0.1, 0.15) is 11.5 Å². The van der Waals surface area contributed by atoms with Crippen molar-refractivity contribution in [2.75, 3.05) is 0 Å². The number of rotatable bonds is 2. The van der Waals surface area contributed by atoms with Crippen LogP contribution in [0.3, 0.4) is 0 Å². The molecule has 4 nitrogen and oxygen atoms in total. The van der Waals surface area contributed by atoms with Crippen LogP contribution in [0.25, 0.3) is 5.69 Å². The highest BCUT2D eigenvalue weighted by Crippen LogP contribution is 2.13. The first-order chi connectivity index (χ1) is 6.83. The van der Waals surface area contributed by atoms with Crippen LogP contribution in [-0.2, 0) is 5.88 Å². The summed E-state index contributed by atoms with van der Waals surface area (Å²) in [4.78, 5) is 4.19. The van der Waals surface area contributed by atoms with Gasteiger partial charge in [0.1, 0.15) is 6.33 Å². The fraction of sp³-hybridized carbons (Fsp3) is 0.222. The summed E-state index contributed by atoms with van der Waals surface area (Å²) in [7, 11) is 0. The lowest BCUT2D eigenvalue weighted by Crippen LogP contribution is -2.01. The van der Waals surface area contributed by atoms with Crippen LogP contribution in [0.2, 0.25) is 0 Å². The van der Waals surface area contributed by atoms with Crippen molar-refractivity contribution in [2.45, 2.75) is 12.8 Å². The number of pyridine rings is 1. The SMILES string of the molecule is Cc1ncccc1-n1cnnc1CCl. The van der Waals surface area contributed by atoms with Gasteiger partial charge in [-0.2, -0.15) is 0 Å². The highest BCUT2D eigenvalue weighted by atomic mass is 35.5. The normalized spacial score (nSPS) is 10.4. The molecule has 0 spiro atoms. The second-order valence-corrected chi connectivity index (χ2v) is 3.13. The summed E-state index contributed by atoms with van der Waals surface area (Å²) in [6, 6.07) is 3.84. The van der Waals surface area contributed by atoms with Crippen LogP contribution in [-0.4, -0.2) is 19.7 Å². The molecule has 0 unspecified atom stereocenters. The fourth-order valence-corrected chi connectivity index (χ4v) is 1.46. The minimum absolute atomic E-state index is 0.342. The summed E-state index contributed by atoms with van der Waals surface area (Å²) < 4.78 is 1.84. The van der Waals surface area contributed by atoms with E-state index in [0.29, 0.717) is 5.88 Å². The number of aryl methyl sites for hydroxylation is 1. The Bertz CT molecular complexity index is 438. The maximum Gasteiger partial charge on any atom is 0.152 e. The van der Waals surface area contributed by atoms with E-state index in [9.17, 15) is 0 Å². The molecular formula is C9H9ClN4. The summed E-state index contributed by atoms with van der Waals surface area (Å²) in [6.45, 7) is 1.94. The number of hydrogen-bond acceptors (Lipinski definition) is 3. The minimum atomic E-state index is 0.342. The van der Waals surface area contributed by atoms with Crippen LogP contribution < -0.4 is 0 Å². The molecule has 0 N–H and O–H groups in total. The molecule has 2 heterocycles. The van der Waals surface area contributed by atoms with Crippen LogP contribution in [0.15, 0.2) is 24.7 Å². The average molecular weight is 209 g/mol. The molecule has 0 radical (unpaired) electrons. The zero-order chi connectivity index (χ0) is 9.97. The molecule has 72 valence electrons. The van der Waals surface area contributed by atoms with Crippen LogP contribution >= 0.6 is 11.6 Å². The second-order valence-electron chi connectivity index (χ2n) is 2.86. The summed E-state index contributed by atoms with van der Waals surface area (Å²) in [5.74, 6) is 1.07. The first kappa shape index (κ1) is 9.15. The van der Waals surface area contributed by atoms with E-state index in [1.807, 2.05) is 23.6 Å². The Hall–Kier alpha value is -1.42. The molecule has 0 aliphatic heterocycles. The van der Waals surface area contributed by atoms with Gasteiger partial charge in [0.25, 0.3) is 0 Å². The van der Waals surface area contributed by atoms with Gasteiger partial charge in [-0.1, -0.05) is 0 Å². The molecule has 2 rings (SSSR count). The Morgan fingerprint density at radius 1 is 1.50 bits per heavy atom. The zero-order valence-corrected chi connectivity index (χ0v) is 8.44. The van der Waals surface area contributed by atoms with Crippen LogP contribution in [0.5, 0.6) is 0 Å². The van der Waals surface area contributed by atoms with Gasteiger partial charge in [-0.05, 0) is 19.1 Å². The van der Waals surface area contributed by atoms with Crippen molar-refractivity contribution in [3.05, 3.63) is 36.2 Å².